The van der Waals surface area contributed by atoms with Crippen molar-refractivity contribution in [3.63, 3.8) is 0 Å². The topological polar surface area (TPSA) is 157 Å². The van der Waals surface area contributed by atoms with Crippen LogP contribution in [0.5, 0.6) is 5.75 Å². The molecule has 0 radical (unpaired) electrons. The molecule has 2 amide bonds. The van der Waals surface area contributed by atoms with Crippen LogP contribution in [0.1, 0.15) is 92.9 Å². The minimum atomic E-state index is -0.252. The predicted octanol–water partition coefficient (Wildman–Crippen LogP) is 5.81. The molecule has 1 saturated carbocycles. The predicted molar refractivity (Wildman–Crippen MR) is 224 cm³/mol. The number of fused-ring (bicyclic) bond motifs is 3. The van der Waals surface area contributed by atoms with Crippen LogP contribution in [0, 0.1) is 0 Å². The van der Waals surface area contributed by atoms with Crippen LogP contribution in [0.3, 0.4) is 0 Å². The second kappa shape index (κ2) is 15.3. The number of hydrogen-bond donors (Lipinski definition) is 3. The number of nitrogen functional groups attached to an aromatic ring is 1. The van der Waals surface area contributed by atoms with E-state index in [0.717, 1.165) is 82.2 Å². The molecule has 4 N–H and O–H groups in total. The molecular formula is C44H51ClN10O3. The number of piperidine rings is 2. The quantitative estimate of drug-likeness (QED) is 0.193. The first kappa shape index (κ1) is 37.3. The summed E-state index contributed by atoms with van der Waals surface area (Å²) in [6, 6.07) is 16.8. The van der Waals surface area contributed by atoms with Gasteiger partial charge in [-0.05, 0) is 125 Å². The normalized spacial score (nSPS) is 26.6. The minimum absolute atomic E-state index is 0.0145. The molecule has 3 atom stereocenters. The zero-order valence-electron chi connectivity index (χ0n) is 32.8. The molecule has 2 aromatic carbocycles. The van der Waals surface area contributed by atoms with E-state index in [1.165, 1.54) is 42.5 Å². The number of nitrogens with one attached hydrogen (secondary N) is 1. The summed E-state index contributed by atoms with van der Waals surface area (Å²) in [7, 11) is 0. The fraction of sp³-hybridized carbons (Fsp3) is 0.500. The van der Waals surface area contributed by atoms with E-state index in [-0.39, 0.29) is 40.7 Å². The molecule has 0 unspecified atom stereocenters. The number of nitrogens with two attached hydrogens (primary N) is 1. The molecule has 1 aliphatic carbocycles. The molecule has 2 aromatic heterocycles. The molecule has 14 heteroatoms. The first-order valence-corrected chi connectivity index (χ1v) is 21.6. The number of benzene rings is 2. The number of aromatic nitrogens is 4. The first-order valence-electron chi connectivity index (χ1n) is 21.2. The van der Waals surface area contributed by atoms with Gasteiger partial charge in [0.1, 0.15) is 11.8 Å². The van der Waals surface area contributed by atoms with Gasteiger partial charge in [0.05, 0.1) is 16.4 Å². The molecule has 4 aromatic rings. The second-order valence-corrected chi connectivity index (χ2v) is 17.6. The number of carbonyl (C=O) groups is 2. The Morgan fingerprint density at radius 2 is 1.55 bits per heavy atom. The summed E-state index contributed by atoms with van der Waals surface area (Å²) in [6.07, 6.45) is 13.1. The molecule has 5 fully saturated rings. The van der Waals surface area contributed by atoms with Crippen LogP contribution in [0.2, 0.25) is 5.02 Å². The van der Waals surface area contributed by atoms with Crippen LogP contribution in [-0.2, 0) is 16.0 Å². The average molecular weight is 803 g/mol. The molecule has 58 heavy (non-hydrogen) atoms. The van der Waals surface area contributed by atoms with Gasteiger partial charge in [0, 0.05) is 73.2 Å². The summed E-state index contributed by atoms with van der Waals surface area (Å²) >= 11 is 6.20. The maximum Gasteiger partial charge on any atom is 0.249 e. The Bertz CT molecular complexity index is 2210. The van der Waals surface area contributed by atoms with Crippen molar-refractivity contribution in [1.29, 1.82) is 0 Å². The zero-order valence-corrected chi connectivity index (χ0v) is 33.5. The molecule has 7 heterocycles. The number of hydrogen-bond acceptors (Lipinski definition) is 12. The van der Waals surface area contributed by atoms with Gasteiger partial charge in [-0.3, -0.25) is 14.9 Å². The fourth-order valence-electron chi connectivity index (χ4n) is 11.1. The Kier molecular flexibility index (Phi) is 9.83. The molecule has 5 aliphatic heterocycles. The molecule has 2 bridgehead atoms. The number of imide groups is 1. The third kappa shape index (κ3) is 6.79. The number of amides is 2. The van der Waals surface area contributed by atoms with Crippen molar-refractivity contribution >= 4 is 46.6 Å². The number of likely N-dealkylation sites (tertiary alicyclic amines) is 1. The highest BCUT2D eigenvalue weighted by molar-refractivity contribution is 6.32. The van der Waals surface area contributed by atoms with Gasteiger partial charge in [0.2, 0.25) is 17.8 Å². The number of rotatable bonds is 7. The SMILES string of the molecule is Nc1nnc(-c2cccc(Cl)c2O)cc1N1C[C@H]2CC[C@@H](C1)N2c1nccc(C2CCN([C@H]3CC[C@@H](c4cccc5c4CCN5[C@H]4CCC(=O)NC4=O)CC3)CC2)n1. The lowest BCUT2D eigenvalue weighted by molar-refractivity contribution is -0.134. The van der Waals surface area contributed by atoms with Crippen molar-refractivity contribution in [3.05, 3.63) is 76.6 Å². The van der Waals surface area contributed by atoms with Gasteiger partial charge in [0.25, 0.3) is 0 Å². The molecule has 0 spiro atoms. The molecule has 10 rings (SSSR count). The smallest absolute Gasteiger partial charge is 0.249 e. The number of phenolic OH excluding ortho intramolecular Hbond substituents is 1. The Labute approximate surface area is 344 Å². The number of phenols is 1. The van der Waals surface area contributed by atoms with Gasteiger partial charge in [-0.1, -0.05) is 29.8 Å². The summed E-state index contributed by atoms with van der Waals surface area (Å²) in [4.78, 5) is 44.3. The molecule has 6 aliphatic rings. The minimum Gasteiger partial charge on any atom is -0.506 e. The number of aromatic hydroxyl groups is 1. The number of anilines is 4. The summed E-state index contributed by atoms with van der Waals surface area (Å²) in [6.45, 7) is 4.58. The number of halogens is 1. The van der Waals surface area contributed by atoms with E-state index in [9.17, 15) is 14.7 Å². The fourth-order valence-corrected chi connectivity index (χ4v) is 11.3. The Balaban J connectivity index is 0.751. The van der Waals surface area contributed by atoms with Crippen molar-refractivity contribution in [2.75, 3.05) is 53.2 Å². The highest BCUT2D eigenvalue weighted by atomic mass is 35.5. The van der Waals surface area contributed by atoms with Crippen molar-refractivity contribution in [2.45, 2.75) is 107 Å². The number of para-hydroxylation sites is 1. The van der Waals surface area contributed by atoms with Crippen molar-refractivity contribution < 1.29 is 14.7 Å². The average Bonchev–Trinajstić information content (AvgIpc) is 3.79. The monoisotopic (exact) mass is 802 g/mol. The molecule has 4 saturated heterocycles. The molecular weight excluding hydrogens is 752 g/mol. The maximum atomic E-state index is 12.7. The van der Waals surface area contributed by atoms with Crippen LogP contribution < -0.4 is 25.8 Å². The number of piperazine rings is 1. The third-order valence-corrected chi connectivity index (χ3v) is 14.4. The zero-order chi connectivity index (χ0) is 39.5. The van der Waals surface area contributed by atoms with E-state index in [1.54, 1.807) is 18.2 Å². The van der Waals surface area contributed by atoms with E-state index >= 15 is 0 Å². The number of carbonyl (C=O) groups excluding carboxylic acids is 2. The second-order valence-electron chi connectivity index (χ2n) is 17.2. The summed E-state index contributed by atoms with van der Waals surface area (Å²) in [5.41, 5.74) is 13.5. The van der Waals surface area contributed by atoms with Gasteiger partial charge in [-0.15, -0.1) is 10.2 Å². The van der Waals surface area contributed by atoms with Gasteiger partial charge in [-0.2, -0.15) is 0 Å². The third-order valence-electron chi connectivity index (χ3n) is 14.1. The van der Waals surface area contributed by atoms with Crippen LogP contribution in [-0.4, -0.2) is 98.9 Å². The lowest BCUT2D eigenvalue weighted by atomic mass is 9.78. The lowest BCUT2D eigenvalue weighted by Crippen LogP contribution is -2.54. The first-order chi connectivity index (χ1) is 28.3. The Hall–Kier alpha value is -5.01. The van der Waals surface area contributed by atoms with Gasteiger partial charge in [0.15, 0.2) is 5.82 Å². The van der Waals surface area contributed by atoms with Gasteiger partial charge >= 0.3 is 0 Å². The van der Waals surface area contributed by atoms with Crippen LogP contribution in [0.4, 0.5) is 23.1 Å². The highest BCUT2D eigenvalue weighted by Crippen LogP contribution is 2.44. The molecule has 13 nitrogen and oxygen atoms in total. The van der Waals surface area contributed by atoms with E-state index in [1.807, 2.05) is 12.3 Å². The Morgan fingerprint density at radius 1 is 0.793 bits per heavy atom. The van der Waals surface area contributed by atoms with E-state index < -0.39 is 0 Å². The largest absolute Gasteiger partial charge is 0.506 e. The summed E-state index contributed by atoms with van der Waals surface area (Å²) < 4.78 is 0. The summed E-state index contributed by atoms with van der Waals surface area (Å²) in [5, 5.41) is 22.0. The maximum absolute atomic E-state index is 12.7. The Morgan fingerprint density at radius 3 is 2.33 bits per heavy atom. The number of nitrogens with zero attached hydrogens (tertiary/aromatic N) is 8. The van der Waals surface area contributed by atoms with Crippen LogP contribution in [0.25, 0.3) is 11.3 Å². The molecule has 302 valence electrons. The van der Waals surface area contributed by atoms with Crippen molar-refractivity contribution in [2.24, 2.45) is 0 Å². The lowest BCUT2D eigenvalue weighted by Gasteiger charge is -2.42. The summed E-state index contributed by atoms with van der Waals surface area (Å²) in [5.74, 6) is 1.87. The van der Waals surface area contributed by atoms with E-state index in [2.05, 4.69) is 59.4 Å². The van der Waals surface area contributed by atoms with Crippen LogP contribution in [0.15, 0.2) is 54.7 Å². The highest BCUT2D eigenvalue weighted by Gasteiger charge is 2.43. The van der Waals surface area contributed by atoms with E-state index in [4.69, 9.17) is 27.3 Å². The van der Waals surface area contributed by atoms with Crippen molar-refractivity contribution in [3.8, 4) is 17.0 Å². The van der Waals surface area contributed by atoms with Crippen molar-refractivity contribution in [1.82, 2.24) is 30.4 Å². The standard InChI is InChI=1S/C44H51ClN10O3/c45-34-5-1-4-33(41(34)57)36-23-39(42(46)51-50-36)53-24-29-11-12-30(25-53)55(29)44-47-19-15-35(48-44)27-16-20-52(21-17-27)28-9-7-26(8-10-28)31-3-2-6-37-32(31)18-22-54(37)38-13-14-40(56)49-43(38)58/h1-6,15,19,23,26-30,38,57H,7-14,16-18,20-22,24-25H2,(H2,46,51)(H,49,56,58)/t26-,28+,29-,30+,38-/m0/s1. The van der Waals surface area contributed by atoms with E-state index in [0.29, 0.717) is 47.8 Å². The van der Waals surface area contributed by atoms with Gasteiger partial charge in [-0.25, -0.2) is 9.97 Å². The van der Waals surface area contributed by atoms with Gasteiger partial charge < -0.3 is 30.4 Å². The van der Waals surface area contributed by atoms with Crippen LogP contribution >= 0.6 is 11.6 Å².